The zero-order valence-electron chi connectivity index (χ0n) is 11.7. The molecule has 5 nitrogen and oxygen atoms in total. The van der Waals surface area contributed by atoms with Gasteiger partial charge in [-0.2, -0.15) is 0 Å². The van der Waals surface area contributed by atoms with Gasteiger partial charge in [0.15, 0.2) is 0 Å². The van der Waals surface area contributed by atoms with Crippen LogP contribution in [-0.4, -0.2) is 35.1 Å². The number of rotatable bonds is 3. The monoisotopic (exact) mass is 272 g/mol. The lowest BCUT2D eigenvalue weighted by Gasteiger charge is -2.22. The maximum absolute atomic E-state index is 11.9. The second kappa shape index (κ2) is 5.63. The highest BCUT2D eigenvalue weighted by Gasteiger charge is 2.16. The van der Waals surface area contributed by atoms with Crippen LogP contribution in [0.3, 0.4) is 0 Å². The summed E-state index contributed by atoms with van der Waals surface area (Å²) in [6.07, 6.45) is 2.35. The quantitative estimate of drug-likeness (QED) is 0.898. The van der Waals surface area contributed by atoms with Gasteiger partial charge in [-0.3, -0.25) is 4.79 Å². The number of benzene rings is 1. The third-order valence-electron chi connectivity index (χ3n) is 3.88. The lowest BCUT2D eigenvalue weighted by atomic mass is 9.98. The molecule has 1 saturated heterocycles. The zero-order chi connectivity index (χ0) is 13.9. The number of aromatic nitrogens is 2. The largest absolute Gasteiger partial charge is 0.355 e. The van der Waals surface area contributed by atoms with E-state index in [0.717, 1.165) is 30.7 Å². The molecule has 0 atom stereocenters. The van der Waals surface area contributed by atoms with Crippen molar-refractivity contribution >= 4 is 22.9 Å². The summed E-state index contributed by atoms with van der Waals surface area (Å²) in [7, 11) is 0. The molecular weight excluding hydrogens is 252 g/mol. The fourth-order valence-corrected chi connectivity index (χ4v) is 2.78. The number of imidazole rings is 1. The number of hydrogen-bond donors (Lipinski definition) is 2. The van der Waals surface area contributed by atoms with Crippen LogP contribution in [0, 0.1) is 5.92 Å². The Labute approximate surface area is 118 Å². The minimum absolute atomic E-state index is 0.00786. The van der Waals surface area contributed by atoms with Crippen molar-refractivity contribution < 1.29 is 4.79 Å². The molecule has 20 heavy (non-hydrogen) atoms. The summed E-state index contributed by atoms with van der Waals surface area (Å²) in [5.74, 6) is 1.31. The van der Waals surface area contributed by atoms with E-state index in [0.29, 0.717) is 11.9 Å². The molecule has 1 aliphatic rings. The van der Waals surface area contributed by atoms with Gasteiger partial charge in [0.05, 0.1) is 11.0 Å². The van der Waals surface area contributed by atoms with Crippen LogP contribution >= 0.6 is 0 Å². The van der Waals surface area contributed by atoms with Gasteiger partial charge in [0.2, 0.25) is 11.9 Å². The highest BCUT2D eigenvalue weighted by Crippen LogP contribution is 2.20. The minimum atomic E-state index is -0.00786. The van der Waals surface area contributed by atoms with E-state index in [4.69, 9.17) is 0 Å². The first kappa shape index (κ1) is 13.1. The second-order valence-electron chi connectivity index (χ2n) is 5.35. The van der Waals surface area contributed by atoms with Gasteiger partial charge in [0.25, 0.3) is 0 Å². The molecule has 0 spiro atoms. The number of hydrogen-bond acceptors (Lipinski definition) is 4. The summed E-state index contributed by atoms with van der Waals surface area (Å²) in [6.45, 7) is 4.60. The normalized spacial score (nSPS) is 16.4. The fraction of sp³-hybridized carbons (Fsp3) is 0.467. The summed E-state index contributed by atoms with van der Waals surface area (Å²) < 4.78 is 1.66. The Kier molecular flexibility index (Phi) is 3.69. The molecule has 2 heterocycles. The van der Waals surface area contributed by atoms with Gasteiger partial charge in [-0.05, 0) is 44.0 Å². The molecule has 0 unspecified atom stereocenters. The van der Waals surface area contributed by atoms with Gasteiger partial charge in [0, 0.05) is 13.5 Å². The van der Waals surface area contributed by atoms with E-state index in [1.165, 1.54) is 12.8 Å². The van der Waals surface area contributed by atoms with E-state index < -0.39 is 0 Å². The van der Waals surface area contributed by atoms with Gasteiger partial charge in [-0.1, -0.05) is 12.1 Å². The summed E-state index contributed by atoms with van der Waals surface area (Å²) in [4.78, 5) is 16.4. The van der Waals surface area contributed by atoms with E-state index in [1.807, 2.05) is 24.3 Å². The van der Waals surface area contributed by atoms with Gasteiger partial charge < -0.3 is 10.6 Å². The molecule has 1 aliphatic heterocycles. The van der Waals surface area contributed by atoms with Crippen molar-refractivity contribution in [1.29, 1.82) is 0 Å². The van der Waals surface area contributed by atoms with Crippen LogP contribution in [0.25, 0.3) is 11.0 Å². The predicted octanol–water partition coefficient (Wildman–Crippen LogP) is 2.11. The molecule has 0 aliphatic carbocycles. The highest BCUT2D eigenvalue weighted by molar-refractivity contribution is 5.92. The molecule has 0 saturated carbocycles. The van der Waals surface area contributed by atoms with Crippen molar-refractivity contribution in [3.8, 4) is 0 Å². The first-order valence-electron chi connectivity index (χ1n) is 7.18. The Hall–Kier alpha value is -1.88. The first-order chi connectivity index (χ1) is 9.75. The molecule has 2 aromatic rings. The van der Waals surface area contributed by atoms with Crippen LogP contribution in [0.5, 0.6) is 0 Å². The molecule has 106 valence electrons. The Morgan fingerprint density at radius 1 is 1.40 bits per heavy atom. The lowest BCUT2D eigenvalue weighted by molar-refractivity contribution is 0.0943. The van der Waals surface area contributed by atoms with Crippen LogP contribution in [0.1, 0.15) is 24.6 Å². The van der Waals surface area contributed by atoms with Crippen molar-refractivity contribution in [3.05, 3.63) is 24.3 Å². The molecule has 2 N–H and O–H groups in total. The van der Waals surface area contributed by atoms with E-state index in [1.54, 1.807) is 11.5 Å². The topological polar surface area (TPSA) is 59.0 Å². The first-order valence-corrected chi connectivity index (χ1v) is 7.18. The standard InChI is InChI=1S/C15H20N4O/c1-11(20)19-14-5-3-2-4-13(14)18-15(19)17-10-12-6-8-16-9-7-12/h2-5,12,16H,6-10H2,1H3,(H,17,18). The van der Waals surface area contributed by atoms with E-state index >= 15 is 0 Å². The fourth-order valence-electron chi connectivity index (χ4n) is 2.78. The average molecular weight is 272 g/mol. The van der Waals surface area contributed by atoms with Crippen molar-refractivity contribution in [3.63, 3.8) is 0 Å². The molecule has 3 rings (SSSR count). The predicted molar refractivity (Wildman–Crippen MR) is 80.1 cm³/mol. The smallest absolute Gasteiger partial charge is 0.230 e. The van der Waals surface area contributed by atoms with Crippen LogP contribution < -0.4 is 10.6 Å². The van der Waals surface area contributed by atoms with Crippen LogP contribution in [0.2, 0.25) is 0 Å². The van der Waals surface area contributed by atoms with Crippen LogP contribution in [0.15, 0.2) is 24.3 Å². The Morgan fingerprint density at radius 2 is 2.15 bits per heavy atom. The van der Waals surface area contributed by atoms with Crippen molar-refractivity contribution in [2.24, 2.45) is 5.92 Å². The Balaban J connectivity index is 1.82. The third-order valence-corrected chi connectivity index (χ3v) is 3.88. The van der Waals surface area contributed by atoms with Gasteiger partial charge in [-0.25, -0.2) is 9.55 Å². The van der Waals surface area contributed by atoms with E-state index in [9.17, 15) is 4.79 Å². The number of nitrogens with zero attached hydrogens (tertiary/aromatic N) is 2. The van der Waals surface area contributed by atoms with Crippen molar-refractivity contribution in [2.75, 3.05) is 25.0 Å². The van der Waals surface area contributed by atoms with Crippen molar-refractivity contribution in [2.45, 2.75) is 19.8 Å². The molecule has 0 amide bonds. The van der Waals surface area contributed by atoms with Crippen LogP contribution in [-0.2, 0) is 0 Å². The number of fused-ring (bicyclic) bond motifs is 1. The minimum Gasteiger partial charge on any atom is -0.355 e. The SMILES string of the molecule is CC(=O)n1c(NCC2CCNCC2)nc2ccccc21. The molecule has 0 radical (unpaired) electrons. The maximum Gasteiger partial charge on any atom is 0.230 e. The van der Waals surface area contributed by atoms with Crippen LogP contribution in [0.4, 0.5) is 5.95 Å². The Bertz CT molecular complexity index is 613. The third kappa shape index (κ3) is 2.54. The van der Waals surface area contributed by atoms with Gasteiger partial charge >= 0.3 is 0 Å². The summed E-state index contributed by atoms with van der Waals surface area (Å²) >= 11 is 0. The number of nitrogens with one attached hydrogen (secondary N) is 2. The maximum atomic E-state index is 11.9. The number of piperidine rings is 1. The summed E-state index contributed by atoms with van der Waals surface area (Å²) in [5.41, 5.74) is 1.73. The molecular formula is C15H20N4O. The number of carbonyl (C=O) groups excluding carboxylic acids is 1. The molecule has 1 aromatic heterocycles. The lowest BCUT2D eigenvalue weighted by Crippen LogP contribution is -2.31. The van der Waals surface area contributed by atoms with E-state index in [-0.39, 0.29) is 5.91 Å². The molecule has 1 fully saturated rings. The number of para-hydroxylation sites is 2. The van der Waals surface area contributed by atoms with Gasteiger partial charge in [-0.15, -0.1) is 0 Å². The molecule has 0 bridgehead atoms. The Morgan fingerprint density at radius 3 is 2.90 bits per heavy atom. The van der Waals surface area contributed by atoms with E-state index in [2.05, 4.69) is 15.6 Å². The number of carbonyl (C=O) groups is 1. The number of anilines is 1. The second-order valence-corrected chi connectivity index (χ2v) is 5.35. The van der Waals surface area contributed by atoms with Gasteiger partial charge in [0.1, 0.15) is 0 Å². The molecule has 1 aromatic carbocycles. The highest BCUT2D eigenvalue weighted by atomic mass is 16.1. The van der Waals surface area contributed by atoms with Crippen molar-refractivity contribution in [1.82, 2.24) is 14.9 Å². The zero-order valence-corrected chi connectivity index (χ0v) is 11.7. The summed E-state index contributed by atoms with van der Waals surface area (Å²) in [6, 6.07) is 7.74. The average Bonchev–Trinajstić information content (AvgIpc) is 2.84. The molecule has 5 heteroatoms. The summed E-state index contributed by atoms with van der Waals surface area (Å²) in [5, 5.41) is 6.72.